The first-order valence-corrected chi connectivity index (χ1v) is 4.26. The summed E-state index contributed by atoms with van der Waals surface area (Å²) < 4.78 is 5.06. The Hall–Kier alpha value is -1.25. The van der Waals surface area contributed by atoms with E-state index in [-0.39, 0.29) is 11.4 Å². The number of nitrogens with one attached hydrogen (secondary N) is 1. The molecule has 1 heterocycles. The maximum absolute atomic E-state index is 11.5. The van der Waals surface area contributed by atoms with Gasteiger partial charge in [-0.15, -0.1) is 0 Å². The standard InChI is InChI=1S/C10H15NO2/c1-7-5-8(13-6-7)9(12)11-10(2,3)4/h5-6H,1-4H3,(H,11,12). The molecule has 0 spiro atoms. The van der Waals surface area contributed by atoms with E-state index in [1.54, 1.807) is 12.3 Å². The average molecular weight is 181 g/mol. The minimum atomic E-state index is -0.224. The topological polar surface area (TPSA) is 42.2 Å². The molecule has 0 atom stereocenters. The third kappa shape index (κ3) is 2.93. The summed E-state index contributed by atoms with van der Waals surface area (Å²) in [4.78, 5) is 11.5. The molecule has 1 amide bonds. The fraction of sp³-hybridized carbons (Fsp3) is 0.500. The maximum Gasteiger partial charge on any atom is 0.287 e. The van der Waals surface area contributed by atoms with E-state index in [2.05, 4.69) is 5.32 Å². The van der Waals surface area contributed by atoms with Crippen molar-refractivity contribution in [2.45, 2.75) is 33.2 Å². The van der Waals surface area contributed by atoms with Crippen LogP contribution in [0.2, 0.25) is 0 Å². The van der Waals surface area contributed by atoms with Gasteiger partial charge in [0.25, 0.3) is 5.91 Å². The molecule has 0 bridgehead atoms. The van der Waals surface area contributed by atoms with Gasteiger partial charge in [0, 0.05) is 5.54 Å². The van der Waals surface area contributed by atoms with Crippen LogP contribution < -0.4 is 5.32 Å². The molecular weight excluding hydrogens is 166 g/mol. The Morgan fingerprint density at radius 2 is 2.08 bits per heavy atom. The van der Waals surface area contributed by atoms with Crippen molar-refractivity contribution in [1.29, 1.82) is 0 Å². The number of hydrogen-bond acceptors (Lipinski definition) is 2. The highest BCUT2D eigenvalue weighted by molar-refractivity contribution is 5.92. The summed E-state index contributed by atoms with van der Waals surface area (Å²) >= 11 is 0. The summed E-state index contributed by atoms with van der Waals surface area (Å²) in [5, 5.41) is 2.82. The highest BCUT2D eigenvalue weighted by Crippen LogP contribution is 2.08. The van der Waals surface area contributed by atoms with Crippen molar-refractivity contribution in [2.75, 3.05) is 0 Å². The van der Waals surface area contributed by atoms with E-state index in [9.17, 15) is 4.79 Å². The molecule has 0 aliphatic carbocycles. The largest absolute Gasteiger partial charge is 0.459 e. The Bertz CT molecular complexity index is 307. The second-order valence-corrected chi connectivity index (χ2v) is 4.19. The zero-order valence-corrected chi connectivity index (χ0v) is 8.47. The van der Waals surface area contributed by atoms with Gasteiger partial charge < -0.3 is 9.73 Å². The zero-order chi connectivity index (χ0) is 10.1. The molecule has 0 radical (unpaired) electrons. The quantitative estimate of drug-likeness (QED) is 0.721. The van der Waals surface area contributed by atoms with Crippen molar-refractivity contribution >= 4 is 5.91 Å². The molecule has 1 N–H and O–H groups in total. The number of hydrogen-bond donors (Lipinski definition) is 1. The lowest BCUT2D eigenvalue weighted by Gasteiger charge is -2.19. The Kier molecular flexibility index (Phi) is 2.45. The molecule has 1 rings (SSSR count). The minimum Gasteiger partial charge on any atom is -0.459 e. The molecule has 3 nitrogen and oxygen atoms in total. The van der Waals surface area contributed by atoms with Gasteiger partial charge in [-0.3, -0.25) is 4.79 Å². The van der Waals surface area contributed by atoms with Crippen molar-refractivity contribution < 1.29 is 9.21 Å². The fourth-order valence-electron chi connectivity index (χ4n) is 0.953. The number of rotatable bonds is 1. The van der Waals surface area contributed by atoms with Gasteiger partial charge in [0.1, 0.15) is 0 Å². The van der Waals surface area contributed by atoms with E-state index in [1.807, 2.05) is 27.7 Å². The molecule has 0 aliphatic rings. The van der Waals surface area contributed by atoms with Crippen LogP contribution in [0.1, 0.15) is 36.9 Å². The molecular formula is C10H15NO2. The molecule has 72 valence electrons. The summed E-state index contributed by atoms with van der Waals surface area (Å²) in [5.74, 6) is 0.202. The first-order valence-electron chi connectivity index (χ1n) is 4.26. The van der Waals surface area contributed by atoms with Crippen molar-refractivity contribution in [3.05, 3.63) is 23.7 Å². The lowest BCUT2D eigenvalue weighted by Crippen LogP contribution is -2.40. The van der Waals surface area contributed by atoms with Crippen LogP contribution in [0.4, 0.5) is 0 Å². The fourth-order valence-corrected chi connectivity index (χ4v) is 0.953. The predicted octanol–water partition coefficient (Wildman–Crippen LogP) is 2.12. The van der Waals surface area contributed by atoms with Crippen molar-refractivity contribution in [1.82, 2.24) is 5.32 Å². The van der Waals surface area contributed by atoms with Gasteiger partial charge in [0.05, 0.1) is 6.26 Å². The maximum atomic E-state index is 11.5. The third-order valence-electron chi connectivity index (χ3n) is 1.44. The van der Waals surface area contributed by atoms with E-state index in [1.165, 1.54) is 0 Å². The monoisotopic (exact) mass is 181 g/mol. The Morgan fingerprint density at radius 1 is 1.46 bits per heavy atom. The van der Waals surface area contributed by atoms with Gasteiger partial charge in [-0.2, -0.15) is 0 Å². The lowest BCUT2D eigenvalue weighted by atomic mass is 10.1. The SMILES string of the molecule is Cc1coc(C(=O)NC(C)(C)C)c1. The van der Waals surface area contributed by atoms with Crippen LogP contribution in [0.5, 0.6) is 0 Å². The highest BCUT2D eigenvalue weighted by atomic mass is 16.3. The Morgan fingerprint density at radius 3 is 2.46 bits per heavy atom. The van der Waals surface area contributed by atoms with Gasteiger partial charge in [-0.25, -0.2) is 0 Å². The Balaban J connectivity index is 2.70. The molecule has 0 fully saturated rings. The number of amides is 1. The second kappa shape index (κ2) is 3.24. The molecule has 0 aromatic carbocycles. The predicted molar refractivity (Wildman–Crippen MR) is 50.7 cm³/mol. The lowest BCUT2D eigenvalue weighted by molar-refractivity contribution is 0.0891. The van der Waals surface area contributed by atoms with Gasteiger partial charge >= 0.3 is 0 Å². The van der Waals surface area contributed by atoms with Crippen LogP contribution in [0.25, 0.3) is 0 Å². The average Bonchev–Trinajstić information content (AvgIpc) is 2.31. The summed E-state index contributed by atoms with van der Waals surface area (Å²) in [6.07, 6.45) is 1.57. The van der Waals surface area contributed by atoms with Gasteiger partial charge in [0.15, 0.2) is 5.76 Å². The molecule has 13 heavy (non-hydrogen) atoms. The first kappa shape index (κ1) is 9.84. The van der Waals surface area contributed by atoms with Crippen molar-refractivity contribution in [2.24, 2.45) is 0 Å². The van der Waals surface area contributed by atoms with Gasteiger partial charge in [-0.05, 0) is 39.3 Å². The molecule has 0 unspecified atom stereocenters. The van der Waals surface area contributed by atoms with Gasteiger partial charge in [0.2, 0.25) is 0 Å². The van der Waals surface area contributed by atoms with Crippen LogP contribution in [-0.2, 0) is 0 Å². The summed E-state index contributed by atoms with van der Waals surface area (Å²) in [6.45, 7) is 7.68. The van der Waals surface area contributed by atoms with E-state index in [0.717, 1.165) is 5.56 Å². The molecule has 1 aromatic rings. The van der Waals surface area contributed by atoms with Crippen LogP contribution in [0.3, 0.4) is 0 Å². The van der Waals surface area contributed by atoms with Gasteiger partial charge in [-0.1, -0.05) is 0 Å². The second-order valence-electron chi connectivity index (χ2n) is 4.19. The number of carbonyl (C=O) groups is 1. The van der Waals surface area contributed by atoms with E-state index in [0.29, 0.717) is 5.76 Å². The summed E-state index contributed by atoms with van der Waals surface area (Å²) in [7, 11) is 0. The summed E-state index contributed by atoms with van der Waals surface area (Å²) in [6, 6.07) is 1.72. The van der Waals surface area contributed by atoms with E-state index < -0.39 is 0 Å². The van der Waals surface area contributed by atoms with Crippen molar-refractivity contribution in [3.8, 4) is 0 Å². The van der Waals surface area contributed by atoms with Crippen molar-refractivity contribution in [3.63, 3.8) is 0 Å². The summed E-state index contributed by atoms with van der Waals surface area (Å²) in [5.41, 5.74) is 0.733. The minimum absolute atomic E-state index is 0.166. The molecule has 0 saturated heterocycles. The number of furan rings is 1. The smallest absolute Gasteiger partial charge is 0.287 e. The molecule has 1 aromatic heterocycles. The number of carbonyl (C=O) groups excluding carboxylic acids is 1. The van der Waals surface area contributed by atoms with E-state index >= 15 is 0 Å². The van der Waals surface area contributed by atoms with E-state index in [4.69, 9.17) is 4.42 Å². The third-order valence-corrected chi connectivity index (χ3v) is 1.44. The van der Waals surface area contributed by atoms with Crippen LogP contribution in [0.15, 0.2) is 16.7 Å². The molecule has 0 saturated carbocycles. The van der Waals surface area contributed by atoms with Crippen LogP contribution in [0, 0.1) is 6.92 Å². The highest BCUT2D eigenvalue weighted by Gasteiger charge is 2.17. The number of aryl methyl sites for hydroxylation is 1. The normalized spacial score (nSPS) is 11.4. The molecule has 0 aliphatic heterocycles. The molecule has 3 heteroatoms. The van der Waals surface area contributed by atoms with Crippen LogP contribution >= 0.6 is 0 Å². The zero-order valence-electron chi connectivity index (χ0n) is 8.47. The Labute approximate surface area is 78.1 Å². The van der Waals surface area contributed by atoms with Crippen LogP contribution in [-0.4, -0.2) is 11.4 Å². The first-order chi connectivity index (χ1) is 5.88.